The van der Waals surface area contributed by atoms with Crippen molar-refractivity contribution in [2.45, 2.75) is 200 Å². The van der Waals surface area contributed by atoms with Crippen molar-refractivity contribution >= 4 is 7.25 Å². The third-order valence-corrected chi connectivity index (χ3v) is 8.23. The molecule has 1 nitrogen and oxygen atoms in total. The molecule has 0 aliphatic carbocycles. The number of hydrogen-bond acceptors (Lipinski definition) is 0. The number of halogens is 4. The highest BCUT2D eigenvalue weighted by atomic mass is 19.5. The molecule has 0 radical (unpaired) electrons. The zero-order chi connectivity index (χ0) is 29.0. The van der Waals surface area contributed by atoms with Crippen molar-refractivity contribution in [2.75, 3.05) is 0 Å². The predicted octanol–water partition coefficient (Wildman–Crippen LogP) is 12.1. The number of rotatable bonds is 27. The Morgan fingerprint density at radius 3 is 1.00 bits per heavy atom. The van der Waals surface area contributed by atoms with Gasteiger partial charge in [-0.3, -0.25) is 0 Å². The summed E-state index contributed by atoms with van der Waals surface area (Å²) in [5, 5.41) is 0. The second-order valence-electron chi connectivity index (χ2n) is 12.0. The summed E-state index contributed by atoms with van der Waals surface area (Å²) in [5.74, 6) is 0.867. The Morgan fingerprint density at radius 1 is 0.447 bits per heavy atom. The predicted molar refractivity (Wildman–Crippen MR) is 162 cm³/mol. The minimum Gasteiger partial charge on any atom is -0.418 e. The zero-order valence-corrected chi connectivity index (χ0v) is 26.3. The van der Waals surface area contributed by atoms with Gasteiger partial charge in [-0.25, -0.2) is 0 Å². The maximum atomic E-state index is 9.75. The Morgan fingerprint density at radius 2 is 0.684 bits per heavy atom. The van der Waals surface area contributed by atoms with Crippen LogP contribution in [0.3, 0.4) is 0 Å². The van der Waals surface area contributed by atoms with Crippen molar-refractivity contribution < 1.29 is 23.0 Å². The quantitative estimate of drug-likeness (QED) is 0.0595. The van der Waals surface area contributed by atoms with Gasteiger partial charge >= 0.3 is 7.25 Å². The van der Waals surface area contributed by atoms with Gasteiger partial charge in [-0.1, -0.05) is 156 Å². The third kappa shape index (κ3) is 30.3. The van der Waals surface area contributed by atoms with Crippen LogP contribution in [0.15, 0.2) is 0 Å². The van der Waals surface area contributed by atoms with Crippen LogP contribution in [0.1, 0.15) is 195 Å². The largest absolute Gasteiger partial charge is 0.673 e. The molecule has 1 unspecified atom stereocenters. The summed E-state index contributed by atoms with van der Waals surface area (Å²) in [6.07, 6.45) is 37.0. The van der Waals surface area contributed by atoms with E-state index in [1.807, 2.05) is 0 Å². The normalized spacial score (nSPS) is 12.9. The molecular formula is C32H68BF4N. The maximum absolute atomic E-state index is 9.75. The van der Waals surface area contributed by atoms with Crippen LogP contribution in [-0.4, -0.2) is 12.8 Å². The monoisotopic (exact) mass is 554 g/mol. The van der Waals surface area contributed by atoms with Crippen LogP contribution < -0.4 is 5.73 Å². The number of hydrogen-bond donors (Lipinski definition) is 1. The highest BCUT2D eigenvalue weighted by Gasteiger charge is 2.36. The van der Waals surface area contributed by atoms with Gasteiger partial charge in [0.2, 0.25) is 0 Å². The molecule has 0 saturated heterocycles. The Bertz CT molecular complexity index is 441. The highest BCUT2D eigenvalue weighted by Crippen LogP contribution is 2.34. The van der Waals surface area contributed by atoms with Crippen LogP contribution in [0, 0.1) is 5.92 Å². The van der Waals surface area contributed by atoms with E-state index >= 15 is 0 Å². The molecule has 0 aliphatic rings. The molecule has 0 aromatic rings. The molecule has 0 aromatic carbocycles. The standard InChI is InChI=1S/C32H67N.BF4/c1-5-9-13-17-18-19-20-21-22-24-28-31(27-23-14-10-6-2)32(33,29-25-15-11-7-3)30-26-16-12-8-4;2-1(3,4)5/h31H,5-30,33H2,1-4H3;/q;-1/p+1. The molecule has 0 bridgehead atoms. The lowest BCUT2D eigenvalue weighted by Crippen LogP contribution is -2.76. The summed E-state index contributed by atoms with van der Waals surface area (Å²) in [4.78, 5) is 0. The van der Waals surface area contributed by atoms with Crippen molar-refractivity contribution in [3.8, 4) is 0 Å². The molecule has 0 heterocycles. The van der Waals surface area contributed by atoms with Crippen LogP contribution in [0.2, 0.25) is 0 Å². The first kappa shape index (κ1) is 39.9. The molecule has 0 fully saturated rings. The fourth-order valence-electron chi connectivity index (χ4n) is 5.79. The van der Waals surface area contributed by atoms with Crippen molar-refractivity contribution in [3.05, 3.63) is 0 Å². The number of unbranched alkanes of at least 4 members (excludes halogenated alkanes) is 18. The first-order chi connectivity index (χ1) is 18.1. The van der Waals surface area contributed by atoms with Crippen molar-refractivity contribution in [1.29, 1.82) is 0 Å². The Labute approximate surface area is 236 Å². The molecule has 232 valence electrons. The van der Waals surface area contributed by atoms with E-state index in [4.69, 9.17) is 5.73 Å². The zero-order valence-electron chi connectivity index (χ0n) is 26.3. The molecule has 38 heavy (non-hydrogen) atoms. The van der Waals surface area contributed by atoms with Crippen molar-refractivity contribution in [2.24, 2.45) is 5.92 Å². The van der Waals surface area contributed by atoms with Crippen LogP contribution in [0.4, 0.5) is 17.3 Å². The van der Waals surface area contributed by atoms with E-state index in [9.17, 15) is 17.3 Å². The maximum Gasteiger partial charge on any atom is 0.673 e. The van der Waals surface area contributed by atoms with Crippen LogP contribution in [0.5, 0.6) is 0 Å². The second-order valence-corrected chi connectivity index (χ2v) is 12.0. The fraction of sp³-hybridized carbons (Fsp3) is 1.00. The van der Waals surface area contributed by atoms with E-state index in [0.717, 1.165) is 5.92 Å². The van der Waals surface area contributed by atoms with Gasteiger partial charge in [-0.2, -0.15) is 0 Å². The van der Waals surface area contributed by atoms with Crippen LogP contribution in [0.25, 0.3) is 0 Å². The van der Waals surface area contributed by atoms with Gasteiger partial charge in [0.25, 0.3) is 0 Å². The summed E-state index contributed by atoms with van der Waals surface area (Å²) in [5.41, 5.74) is 5.38. The van der Waals surface area contributed by atoms with E-state index < -0.39 is 7.25 Å². The highest BCUT2D eigenvalue weighted by molar-refractivity contribution is 6.50. The first-order valence-corrected chi connectivity index (χ1v) is 16.9. The van der Waals surface area contributed by atoms with E-state index in [1.165, 1.54) is 167 Å². The van der Waals surface area contributed by atoms with Gasteiger partial charge in [-0.05, 0) is 25.7 Å². The second kappa shape index (κ2) is 28.3. The van der Waals surface area contributed by atoms with Gasteiger partial charge in [-0.15, -0.1) is 0 Å². The lowest BCUT2D eigenvalue weighted by Gasteiger charge is -2.35. The molecule has 1 atom stereocenters. The number of quaternary nitrogens is 1. The minimum atomic E-state index is -6.00. The molecule has 0 saturated carbocycles. The molecule has 0 rings (SSSR count). The van der Waals surface area contributed by atoms with E-state index in [2.05, 4.69) is 27.7 Å². The Balaban J connectivity index is 0. The molecule has 0 spiro atoms. The molecule has 6 heteroatoms. The lowest BCUT2D eigenvalue weighted by molar-refractivity contribution is -0.498. The van der Waals surface area contributed by atoms with E-state index in [0.29, 0.717) is 5.54 Å². The van der Waals surface area contributed by atoms with Crippen molar-refractivity contribution in [1.82, 2.24) is 0 Å². The average molecular weight is 554 g/mol. The minimum absolute atomic E-state index is 0.354. The Hall–Kier alpha value is -0.255. The van der Waals surface area contributed by atoms with Crippen LogP contribution >= 0.6 is 0 Å². The molecule has 0 amide bonds. The van der Waals surface area contributed by atoms with Gasteiger partial charge in [0.15, 0.2) is 0 Å². The summed E-state index contributed by atoms with van der Waals surface area (Å²) >= 11 is 0. The molecule has 3 N–H and O–H groups in total. The van der Waals surface area contributed by atoms with Gasteiger partial charge in [0.1, 0.15) is 0 Å². The Kier molecular flexibility index (Phi) is 29.7. The molecule has 0 aromatic heterocycles. The summed E-state index contributed by atoms with van der Waals surface area (Å²) < 4.78 is 39.0. The average Bonchev–Trinajstić information content (AvgIpc) is 2.86. The van der Waals surface area contributed by atoms with Gasteiger partial charge in [0.05, 0.1) is 5.54 Å². The van der Waals surface area contributed by atoms with Crippen molar-refractivity contribution in [3.63, 3.8) is 0 Å². The molecule has 0 aliphatic heterocycles. The van der Waals surface area contributed by atoms with Gasteiger partial charge in [0, 0.05) is 18.8 Å². The summed E-state index contributed by atoms with van der Waals surface area (Å²) in [7, 11) is -6.00. The lowest BCUT2D eigenvalue weighted by atomic mass is 9.72. The summed E-state index contributed by atoms with van der Waals surface area (Å²) in [6, 6.07) is 0. The first-order valence-electron chi connectivity index (χ1n) is 16.9. The van der Waals surface area contributed by atoms with E-state index in [-0.39, 0.29) is 0 Å². The molecular weight excluding hydrogens is 485 g/mol. The fourth-order valence-corrected chi connectivity index (χ4v) is 5.79. The SMILES string of the molecule is CCCCCCCCCCCCC(CCCCCC)C([NH3+])(CCCCCC)CCCCCC.F[B-](F)(F)F. The van der Waals surface area contributed by atoms with Crippen LogP contribution in [-0.2, 0) is 0 Å². The third-order valence-electron chi connectivity index (χ3n) is 8.23. The summed E-state index contributed by atoms with van der Waals surface area (Å²) in [6.45, 7) is 9.33. The van der Waals surface area contributed by atoms with Gasteiger partial charge < -0.3 is 23.0 Å². The van der Waals surface area contributed by atoms with E-state index in [1.54, 1.807) is 0 Å². The smallest absolute Gasteiger partial charge is 0.418 e. The topological polar surface area (TPSA) is 27.6 Å².